The van der Waals surface area contributed by atoms with E-state index in [0.717, 1.165) is 0 Å². The van der Waals surface area contributed by atoms with Crippen LogP contribution in [-0.4, -0.2) is 25.0 Å². The van der Waals surface area contributed by atoms with Crippen molar-refractivity contribution in [3.05, 3.63) is 0 Å². The van der Waals surface area contributed by atoms with Crippen LogP contribution in [0.5, 0.6) is 0 Å². The maximum atomic E-state index is 10.7. The van der Waals surface area contributed by atoms with Gasteiger partial charge in [-0.1, -0.05) is 6.92 Å². The lowest BCUT2D eigenvalue weighted by Gasteiger charge is -2.09. The smallest absolute Gasteiger partial charge is 0.328 e. The maximum absolute atomic E-state index is 10.7. The average molecular weight is 159 g/mol. The summed E-state index contributed by atoms with van der Waals surface area (Å²) >= 11 is 0. The van der Waals surface area contributed by atoms with Crippen molar-refractivity contribution < 1.29 is 14.3 Å². The van der Waals surface area contributed by atoms with E-state index in [1.165, 1.54) is 7.11 Å². The first-order chi connectivity index (χ1) is 5.11. The third-order valence-electron chi connectivity index (χ3n) is 1.25. The average Bonchev–Trinajstić information content (AvgIpc) is 2.02. The Balaban J connectivity index is 3.77. The zero-order valence-corrected chi connectivity index (χ0v) is 7.01. The number of rotatable bonds is 3. The van der Waals surface area contributed by atoms with Gasteiger partial charge in [0.2, 0.25) is 5.91 Å². The van der Waals surface area contributed by atoms with Crippen molar-refractivity contribution in [2.75, 3.05) is 7.11 Å². The normalized spacial score (nSPS) is 11.9. The quantitative estimate of drug-likeness (QED) is 0.593. The highest BCUT2D eigenvalue weighted by atomic mass is 16.5. The molecule has 4 nitrogen and oxygen atoms in total. The first kappa shape index (κ1) is 9.94. The summed E-state index contributed by atoms with van der Waals surface area (Å²) < 4.78 is 4.40. The molecule has 0 aliphatic carbocycles. The summed E-state index contributed by atoms with van der Waals surface area (Å²) in [6, 6.07) is -0.549. The van der Waals surface area contributed by atoms with Crippen molar-refractivity contribution >= 4 is 11.9 Å². The fraction of sp³-hybridized carbons (Fsp3) is 0.714. The van der Waals surface area contributed by atoms with E-state index in [-0.39, 0.29) is 5.91 Å². The van der Waals surface area contributed by atoms with Gasteiger partial charge in [0.1, 0.15) is 6.04 Å². The predicted molar refractivity (Wildman–Crippen MR) is 39.9 cm³/mol. The number of hydrogen-bond donors (Lipinski definition) is 1. The van der Waals surface area contributed by atoms with Crippen LogP contribution < -0.4 is 5.32 Å². The molecule has 0 aliphatic heterocycles. The summed E-state index contributed by atoms with van der Waals surface area (Å²) in [4.78, 5) is 21.4. The molecule has 0 bridgehead atoms. The molecule has 0 aliphatic rings. The molecule has 0 radical (unpaired) electrons. The minimum atomic E-state index is -0.549. The molecule has 64 valence electrons. The Kier molecular flexibility index (Phi) is 4.26. The highest BCUT2D eigenvalue weighted by molar-refractivity contribution is 5.83. The van der Waals surface area contributed by atoms with Crippen molar-refractivity contribution in [3.63, 3.8) is 0 Å². The molecule has 0 heterocycles. The Hall–Kier alpha value is -1.06. The number of ether oxygens (including phenoxy) is 1. The molecule has 0 saturated heterocycles. The van der Waals surface area contributed by atoms with E-state index in [4.69, 9.17) is 0 Å². The molecule has 4 heteroatoms. The van der Waals surface area contributed by atoms with Gasteiger partial charge in [0.25, 0.3) is 0 Å². The van der Waals surface area contributed by atoms with E-state index in [1.54, 1.807) is 13.8 Å². The van der Waals surface area contributed by atoms with Gasteiger partial charge in [0.15, 0.2) is 0 Å². The van der Waals surface area contributed by atoms with E-state index >= 15 is 0 Å². The summed E-state index contributed by atoms with van der Waals surface area (Å²) in [5, 5.41) is 2.47. The second-order valence-corrected chi connectivity index (χ2v) is 2.17. The fourth-order valence-corrected chi connectivity index (χ4v) is 0.579. The molecule has 1 atom stereocenters. The van der Waals surface area contributed by atoms with E-state index in [1.807, 2.05) is 0 Å². The van der Waals surface area contributed by atoms with Crippen LogP contribution in [0.1, 0.15) is 20.3 Å². The van der Waals surface area contributed by atoms with Gasteiger partial charge in [-0.25, -0.2) is 4.79 Å². The number of hydrogen-bond acceptors (Lipinski definition) is 3. The Labute approximate surface area is 65.9 Å². The second kappa shape index (κ2) is 4.71. The van der Waals surface area contributed by atoms with E-state index in [0.29, 0.717) is 6.42 Å². The maximum Gasteiger partial charge on any atom is 0.328 e. The van der Waals surface area contributed by atoms with Crippen molar-refractivity contribution in [1.82, 2.24) is 5.32 Å². The third-order valence-corrected chi connectivity index (χ3v) is 1.25. The lowest BCUT2D eigenvalue weighted by Crippen LogP contribution is -2.38. The number of carbonyl (C=O) groups excluding carboxylic acids is 2. The molecule has 0 fully saturated rings. The van der Waals surface area contributed by atoms with Crippen molar-refractivity contribution in [1.29, 1.82) is 0 Å². The van der Waals surface area contributed by atoms with Crippen molar-refractivity contribution in [3.8, 4) is 0 Å². The molecule has 0 unspecified atom stereocenters. The topological polar surface area (TPSA) is 55.4 Å². The number of nitrogens with one attached hydrogen (secondary N) is 1. The van der Waals surface area contributed by atoms with Crippen LogP contribution in [0.2, 0.25) is 0 Å². The predicted octanol–water partition coefficient (Wildman–Crippen LogP) is 0.0741. The van der Waals surface area contributed by atoms with Gasteiger partial charge in [-0.05, 0) is 6.92 Å². The van der Waals surface area contributed by atoms with Crippen LogP contribution in [0, 0.1) is 0 Å². The van der Waals surface area contributed by atoms with Gasteiger partial charge in [-0.2, -0.15) is 0 Å². The van der Waals surface area contributed by atoms with E-state index in [9.17, 15) is 9.59 Å². The van der Waals surface area contributed by atoms with E-state index in [2.05, 4.69) is 10.1 Å². The lowest BCUT2D eigenvalue weighted by molar-refractivity contribution is -0.144. The van der Waals surface area contributed by atoms with Crippen molar-refractivity contribution in [2.24, 2.45) is 0 Å². The lowest BCUT2D eigenvalue weighted by atomic mass is 10.3. The number of methoxy groups -OCH3 is 1. The third kappa shape index (κ3) is 3.60. The summed E-state index contributed by atoms with van der Waals surface area (Å²) in [5.74, 6) is -0.574. The molecule has 0 saturated carbocycles. The van der Waals surface area contributed by atoms with Crippen LogP contribution >= 0.6 is 0 Å². The molecule has 11 heavy (non-hydrogen) atoms. The summed E-state index contributed by atoms with van der Waals surface area (Å²) in [5.41, 5.74) is 0. The Bertz CT molecular complexity index is 156. The Morgan fingerprint density at radius 3 is 2.45 bits per heavy atom. The minimum Gasteiger partial charge on any atom is -0.467 e. The zero-order valence-electron chi connectivity index (χ0n) is 7.01. The summed E-state index contributed by atoms with van der Waals surface area (Å²) in [6.07, 6.45) is 0.376. The minimum absolute atomic E-state index is 0.150. The van der Waals surface area contributed by atoms with Gasteiger partial charge < -0.3 is 10.1 Å². The van der Waals surface area contributed by atoms with Gasteiger partial charge in [0.05, 0.1) is 7.11 Å². The van der Waals surface area contributed by atoms with Crippen LogP contribution in [0.3, 0.4) is 0 Å². The van der Waals surface area contributed by atoms with Gasteiger partial charge in [-0.15, -0.1) is 0 Å². The standard InChI is InChI=1S/C7H13NO3/c1-4-6(9)8-5(2)7(10)11-3/h5H,4H2,1-3H3,(H,8,9)/t5-/m1/s1. The van der Waals surface area contributed by atoms with Crippen LogP contribution in [-0.2, 0) is 14.3 Å². The van der Waals surface area contributed by atoms with Crippen molar-refractivity contribution in [2.45, 2.75) is 26.3 Å². The Morgan fingerprint density at radius 2 is 2.09 bits per heavy atom. The summed E-state index contributed by atoms with van der Waals surface area (Å²) in [7, 11) is 1.29. The SMILES string of the molecule is CCC(=O)N[C@H](C)C(=O)OC. The molecular weight excluding hydrogens is 146 g/mol. The second-order valence-electron chi connectivity index (χ2n) is 2.17. The number of carbonyl (C=O) groups is 2. The molecular formula is C7H13NO3. The molecule has 0 spiro atoms. The van der Waals surface area contributed by atoms with Gasteiger partial charge in [-0.3, -0.25) is 4.79 Å². The molecule has 0 aromatic heterocycles. The van der Waals surface area contributed by atoms with E-state index < -0.39 is 12.0 Å². The molecule has 0 rings (SSSR count). The summed E-state index contributed by atoms with van der Waals surface area (Å²) in [6.45, 7) is 3.30. The van der Waals surface area contributed by atoms with Gasteiger partial charge >= 0.3 is 5.97 Å². The highest BCUT2D eigenvalue weighted by Crippen LogP contribution is 1.86. The monoisotopic (exact) mass is 159 g/mol. The van der Waals surface area contributed by atoms with Crippen LogP contribution in [0.4, 0.5) is 0 Å². The molecule has 0 aromatic carbocycles. The first-order valence-corrected chi connectivity index (χ1v) is 3.49. The number of amides is 1. The van der Waals surface area contributed by atoms with Crippen LogP contribution in [0.15, 0.2) is 0 Å². The molecule has 0 aromatic rings. The highest BCUT2D eigenvalue weighted by Gasteiger charge is 2.13. The Morgan fingerprint density at radius 1 is 1.55 bits per heavy atom. The largest absolute Gasteiger partial charge is 0.467 e. The first-order valence-electron chi connectivity index (χ1n) is 3.49. The van der Waals surface area contributed by atoms with Gasteiger partial charge in [0, 0.05) is 6.42 Å². The fourth-order valence-electron chi connectivity index (χ4n) is 0.579. The number of esters is 1. The molecule has 1 N–H and O–H groups in total. The van der Waals surface area contributed by atoms with Crippen LogP contribution in [0.25, 0.3) is 0 Å². The molecule has 1 amide bonds. The zero-order chi connectivity index (χ0) is 8.85.